The standard InChI is InChI=1S/C15H17F3N2O3/c1-23-13(21)10-2-4-11(5-3-10)20(14(22)15(16,17)18)12-6-8-19-9-7-12/h2-5,12,19H,6-9H2,1H3. The summed E-state index contributed by atoms with van der Waals surface area (Å²) in [5, 5.41) is 3.05. The van der Waals surface area contributed by atoms with Gasteiger partial charge in [-0.25, -0.2) is 4.79 Å². The first-order valence-electron chi connectivity index (χ1n) is 7.14. The number of nitrogens with zero attached hydrogens (tertiary/aromatic N) is 1. The Labute approximate surface area is 131 Å². The molecular weight excluding hydrogens is 313 g/mol. The Kier molecular flexibility index (Phi) is 5.25. The van der Waals surface area contributed by atoms with E-state index in [1.165, 1.54) is 31.4 Å². The van der Waals surface area contributed by atoms with Crippen LogP contribution in [0.4, 0.5) is 18.9 Å². The quantitative estimate of drug-likeness (QED) is 0.863. The number of halogens is 3. The molecular formula is C15H17F3N2O3. The smallest absolute Gasteiger partial charge is 0.465 e. The molecule has 0 aliphatic carbocycles. The van der Waals surface area contributed by atoms with E-state index in [9.17, 15) is 22.8 Å². The van der Waals surface area contributed by atoms with Gasteiger partial charge in [-0.05, 0) is 50.2 Å². The fraction of sp³-hybridized carbons (Fsp3) is 0.467. The van der Waals surface area contributed by atoms with Gasteiger partial charge in [-0.3, -0.25) is 4.79 Å². The number of esters is 1. The minimum atomic E-state index is -4.95. The maximum absolute atomic E-state index is 12.9. The second-order valence-electron chi connectivity index (χ2n) is 5.19. The van der Waals surface area contributed by atoms with Crippen LogP contribution in [-0.4, -0.2) is 44.3 Å². The third-order valence-corrected chi connectivity index (χ3v) is 3.70. The molecule has 0 saturated carbocycles. The van der Waals surface area contributed by atoms with Crippen LogP contribution in [-0.2, 0) is 9.53 Å². The molecule has 1 aliphatic heterocycles. The van der Waals surface area contributed by atoms with Gasteiger partial charge in [0.25, 0.3) is 0 Å². The molecule has 1 N–H and O–H groups in total. The number of benzene rings is 1. The van der Waals surface area contributed by atoms with E-state index >= 15 is 0 Å². The van der Waals surface area contributed by atoms with Crippen molar-refractivity contribution in [1.82, 2.24) is 5.32 Å². The predicted octanol–water partition coefficient (Wildman–Crippen LogP) is 2.12. The molecule has 5 nitrogen and oxygen atoms in total. The average molecular weight is 330 g/mol. The summed E-state index contributed by atoms with van der Waals surface area (Å²) in [6.45, 7) is 1.10. The summed E-state index contributed by atoms with van der Waals surface area (Å²) < 4.78 is 43.3. The normalized spacial score (nSPS) is 16.0. The van der Waals surface area contributed by atoms with Gasteiger partial charge >= 0.3 is 18.1 Å². The summed E-state index contributed by atoms with van der Waals surface area (Å²) in [5.41, 5.74) is 0.327. The van der Waals surface area contributed by atoms with Crippen molar-refractivity contribution in [1.29, 1.82) is 0 Å². The van der Waals surface area contributed by atoms with Gasteiger partial charge in [0.2, 0.25) is 0 Å². The zero-order valence-corrected chi connectivity index (χ0v) is 12.5. The van der Waals surface area contributed by atoms with Crippen molar-refractivity contribution in [2.75, 3.05) is 25.1 Å². The Balaban J connectivity index is 2.32. The van der Waals surface area contributed by atoms with Gasteiger partial charge in [0, 0.05) is 11.7 Å². The number of amides is 1. The molecule has 1 saturated heterocycles. The third kappa shape index (κ3) is 4.01. The molecule has 0 radical (unpaired) electrons. The zero-order valence-electron chi connectivity index (χ0n) is 12.5. The van der Waals surface area contributed by atoms with Gasteiger partial charge in [0.05, 0.1) is 12.7 Å². The number of alkyl halides is 3. The van der Waals surface area contributed by atoms with Crippen LogP contribution >= 0.6 is 0 Å². The summed E-state index contributed by atoms with van der Waals surface area (Å²) in [7, 11) is 1.21. The molecule has 1 aromatic rings. The first-order valence-corrected chi connectivity index (χ1v) is 7.14. The Bertz CT molecular complexity index is 566. The molecule has 23 heavy (non-hydrogen) atoms. The Hall–Kier alpha value is -2.09. The zero-order chi connectivity index (χ0) is 17.0. The SMILES string of the molecule is COC(=O)c1ccc(N(C(=O)C(F)(F)F)C2CCNCC2)cc1. The minimum Gasteiger partial charge on any atom is -0.465 e. The number of methoxy groups -OCH3 is 1. The van der Waals surface area contributed by atoms with Gasteiger partial charge in [-0.2, -0.15) is 13.2 Å². The summed E-state index contributed by atoms with van der Waals surface area (Å²) in [6, 6.07) is 4.82. The second-order valence-corrected chi connectivity index (χ2v) is 5.19. The van der Waals surface area contributed by atoms with E-state index in [1.54, 1.807) is 0 Å². The van der Waals surface area contributed by atoms with Crippen molar-refractivity contribution in [3.8, 4) is 0 Å². The molecule has 2 rings (SSSR count). The molecule has 1 aliphatic rings. The second kappa shape index (κ2) is 6.99. The fourth-order valence-corrected chi connectivity index (χ4v) is 2.57. The van der Waals surface area contributed by atoms with Crippen molar-refractivity contribution in [3.05, 3.63) is 29.8 Å². The maximum atomic E-state index is 12.9. The Morgan fingerprint density at radius 2 is 1.74 bits per heavy atom. The molecule has 1 fully saturated rings. The molecule has 126 valence electrons. The van der Waals surface area contributed by atoms with Crippen LogP contribution in [0.15, 0.2) is 24.3 Å². The molecule has 1 amide bonds. The molecule has 1 aromatic carbocycles. The lowest BCUT2D eigenvalue weighted by Crippen LogP contribution is -2.51. The lowest BCUT2D eigenvalue weighted by atomic mass is 10.0. The van der Waals surface area contributed by atoms with Gasteiger partial charge in [-0.1, -0.05) is 0 Å². The Morgan fingerprint density at radius 1 is 1.17 bits per heavy atom. The van der Waals surface area contributed by atoms with Crippen molar-refractivity contribution >= 4 is 17.6 Å². The summed E-state index contributed by atoms with van der Waals surface area (Å²) in [6.07, 6.45) is -4.09. The lowest BCUT2D eigenvalue weighted by Gasteiger charge is -2.35. The van der Waals surface area contributed by atoms with E-state index in [1.807, 2.05) is 0 Å². The molecule has 1 heterocycles. The number of carbonyl (C=O) groups is 2. The molecule has 0 bridgehead atoms. The molecule has 8 heteroatoms. The van der Waals surface area contributed by atoms with Crippen molar-refractivity contribution in [3.63, 3.8) is 0 Å². The topological polar surface area (TPSA) is 58.6 Å². The van der Waals surface area contributed by atoms with E-state index in [0.717, 1.165) is 4.90 Å². The summed E-state index contributed by atoms with van der Waals surface area (Å²) in [4.78, 5) is 24.0. The lowest BCUT2D eigenvalue weighted by molar-refractivity contribution is -0.171. The van der Waals surface area contributed by atoms with Crippen LogP contribution in [0.2, 0.25) is 0 Å². The van der Waals surface area contributed by atoms with Crippen LogP contribution in [0.3, 0.4) is 0 Å². The van der Waals surface area contributed by atoms with Crippen molar-refractivity contribution < 1.29 is 27.5 Å². The molecule has 0 spiro atoms. The van der Waals surface area contributed by atoms with Crippen molar-refractivity contribution in [2.45, 2.75) is 25.1 Å². The first-order chi connectivity index (χ1) is 10.8. The number of rotatable bonds is 3. The third-order valence-electron chi connectivity index (χ3n) is 3.70. The largest absolute Gasteiger partial charge is 0.471 e. The van der Waals surface area contributed by atoms with E-state index in [-0.39, 0.29) is 11.3 Å². The maximum Gasteiger partial charge on any atom is 0.471 e. The average Bonchev–Trinajstić information content (AvgIpc) is 2.55. The number of carbonyl (C=O) groups excluding carboxylic acids is 2. The highest BCUT2D eigenvalue weighted by atomic mass is 19.4. The number of anilines is 1. The van der Waals surface area contributed by atoms with E-state index in [0.29, 0.717) is 25.9 Å². The first kappa shape index (κ1) is 17.3. The number of ether oxygens (including phenoxy) is 1. The highest BCUT2D eigenvalue weighted by Crippen LogP contribution is 2.28. The number of hydrogen-bond donors (Lipinski definition) is 1. The highest BCUT2D eigenvalue weighted by Gasteiger charge is 2.45. The molecule has 0 atom stereocenters. The minimum absolute atomic E-state index is 0.117. The van der Waals surface area contributed by atoms with Gasteiger partial charge in [0.15, 0.2) is 0 Å². The highest BCUT2D eigenvalue weighted by molar-refractivity contribution is 5.98. The van der Waals surface area contributed by atoms with Gasteiger partial charge in [-0.15, -0.1) is 0 Å². The summed E-state index contributed by atoms with van der Waals surface area (Å²) >= 11 is 0. The fourth-order valence-electron chi connectivity index (χ4n) is 2.57. The van der Waals surface area contributed by atoms with Crippen LogP contribution in [0.1, 0.15) is 23.2 Å². The van der Waals surface area contributed by atoms with Crippen LogP contribution in [0, 0.1) is 0 Å². The monoisotopic (exact) mass is 330 g/mol. The van der Waals surface area contributed by atoms with Gasteiger partial charge < -0.3 is 15.0 Å². The Morgan fingerprint density at radius 3 is 2.22 bits per heavy atom. The number of piperidine rings is 1. The van der Waals surface area contributed by atoms with E-state index < -0.39 is 24.1 Å². The van der Waals surface area contributed by atoms with Gasteiger partial charge in [0.1, 0.15) is 0 Å². The van der Waals surface area contributed by atoms with Crippen LogP contribution in [0.25, 0.3) is 0 Å². The van der Waals surface area contributed by atoms with Crippen molar-refractivity contribution in [2.24, 2.45) is 0 Å². The van der Waals surface area contributed by atoms with Crippen LogP contribution in [0.5, 0.6) is 0 Å². The number of hydrogen-bond acceptors (Lipinski definition) is 4. The van der Waals surface area contributed by atoms with E-state index in [4.69, 9.17) is 0 Å². The van der Waals surface area contributed by atoms with Crippen LogP contribution < -0.4 is 10.2 Å². The predicted molar refractivity (Wildman–Crippen MR) is 77.2 cm³/mol. The number of nitrogens with one attached hydrogen (secondary N) is 1. The molecule has 0 unspecified atom stereocenters. The van der Waals surface area contributed by atoms with E-state index in [2.05, 4.69) is 10.1 Å². The summed E-state index contributed by atoms with van der Waals surface area (Å²) in [5.74, 6) is -2.48. The molecule has 0 aromatic heterocycles.